The normalized spacial score (nSPS) is 33.4. The van der Waals surface area contributed by atoms with Gasteiger partial charge in [0, 0.05) is 37.2 Å². The Kier molecular flexibility index (Phi) is 5.10. The molecule has 6 rings (SSSR count). The van der Waals surface area contributed by atoms with Crippen LogP contribution in [0.25, 0.3) is 0 Å². The van der Waals surface area contributed by atoms with Crippen LogP contribution in [0.1, 0.15) is 60.9 Å². The summed E-state index contributed by atoms with van der Waals surface area (Å²) in [4.78, 5) is 27.8. The van der Waals surface area contributed by atoms with Gasteiger partial charge in [-0.15, -0.1) is 0 Å². The smallest absolute Gasteiger partial charge is 0.253 e. The Labute approximate surface area is 173 Å². The highest BCUT2D eigenvalue weighted by atomic mass is 16.2. The van der Waals surface area contributed by atoms with Gasteiger partial charge in [0.05, 0.1) is 0 Å². The number of nitrogens with zero attached hydrogens (tertiary/aromatic N) is 1. The molecule has 2 amide bonds. The summed E-state index contributed by atoms with van der Waals surface area (Å²) in [5.41, 5.74) is 1.71. The van der Waals surface area contributed by atoms with Crippen molar-refractivity contribution in [1.82, 2.24) is 15.5 Å². The number of carbonyl (C=O) groups is 2. The standard InChI is InChI=1S/C24H33N3O2/c28-22(27-8-1-6-25-7-9-27)21-4-2-17(3-5-21)16-26-23(29)24-13-18-10-19(14-24)12-20(11-18)15-24/h2-5,18-20,25H,1,6-16H2,(H,26,29). The molecular weight excluding hydrogens is 362 g/mol. The molecule has 1 aromatic rings. The lowest BCUT2D eigenvalue weighted by molar-refractivity contribution is -0.146. The third-order valence-electron chi connectivity index (χ3n) is 7.80. The molecule has 2 N–H and O–H groups in total. The number of benzene rings is 1. The van der Waals surface area contributed by atoms with E-state index in [4.69, 9.17) is 0 Å². The summed E-state index contributed by atoms with van der Waals surface area (Å²) in [6, 6.07) is 7.80. The van der Waals surface area contributed by atoms with Crippen LogP contribution in [-0.4, -0.2) is 42.9 Å². The molecule has 5 heteroatoms. The molecule has 0 unspecified atom stereocenters. The van der Waals surface area contributed by atoms with Gasteiger partial charge in [-0.3, -0.25) is 9.59 Å². The zero-order valence-electron chi connectivity index (χ0n) is 17.3. The summed E-state index contributed by atoms with van der Waals surface area (Å²) < 4.78 is 0. The van der Waals surface area contributed by atoms with Crippen LogP contribution in [0.4, 0.5) is 0 Å². The van der Waals surface area contributed by atoms with E-state index in [2.05, 4.69) is 10.6 Å². The summed E-state index contributed by atoms with van der Waals surface area (Å²) in [5, 5.41) is 6.57. The number of rotatable bonds is 4. The van der Waals surface area contributed by atoms with Crippen LogP contribution in [-0.2, 0) is 11.3 Å². The number of hydrogen-bond donors (Lipinski definition) is 2. The molecule has 1 saturated heterocycles. The van der Waals surface area contributed by atoms with Crippen molar-refractivity contribution in [2.24, 2.45) is 23.2 Å². The van der Waals surface area contributed by atoms with Crippen LogP contribution >= 0.6 is 0 Å². The largest absolute Gasteiger partial charge is 0.352 e. The second-order valence-corrected chi connectivity index (χ2v) is 9.97. The molecule has 4 bridgehead atoms. The van der Waals surface area contributed by atoms with Crippen molar-refractivity contribution >= 4 is 11.8 Å². The van der Waals surface area contributed by atoms with Crippen LogP contribution in [0, 0.1) is 23.2 Å². The van der Waals surface area contributed by atoms with E-state index in [0.717, 1.165) is 80.7 Å². The molecule has 0 atom stereocenters. The summed E-state index contributed by atoms with van der Waals surface area (Å²) in [6.07, 6.45) is 8.37. The van der Waals surface area contributed by atoms with E-state index in [-0.39, 0.29) is 17.2 Å². The van der Waals surface area contributed by atoms with Crippen LogP contribution in [0.2, 0.25) is 0 Å². The molecule has 4 aliphatic carbocycles. The summed E-state index contributed by atoms with van der Waals surface area (Å²) in [6.45, 7) is 3.98. The van der Waals surface area contributed by atoms with Gasteiger partial charge in [-0.05, 0) is 86.9 Å². The van der Waals surface area contributed by atoms with E-state index in [1.54, 1.807) is 0 Å². The first-order chi connectivity index (χ1) is 14.1. The lowest BCUT2D eigenvalue weighted by atomic mass is 9.49. The van der Waals surface area contributed by atoms with Gasteiger partial charge in [0.1, 0.15) is 0 Å². The van der Waals surface area contributed by atoms with Gasteiger partial charge in [-0.25, -0.2) is 0 Å². The monoisotopic (exact) mass is 395 g/mol. The second kappa shape index (κ2) is 7.75. The molecular formula is C24H33N3O2. The first kappa shape index (κ1) is 19.1. The molecule has 4 saturated carbocycles. The van der Waals surface area contributed by atoms with Gasteiger partial charge in [-0.1, -0.05) is 12.1 Å². The Morgan fingerprint density at radius 1 is 0.966 bits per heavy atom. The number of hydrogen-bond acceptors (Lipinski definition) is 3. The highest BCUT2D eigenvalue weighted by Gasteiger charge is 2.54. The maximum absolute atomic E-state index is 13.1. The second-order valence-electron chi connectivity index (χ2n) is 9.97. The highest BCUT2D eigenvalue weighted by Crippen LogP contribution is 2.60. The maximum Gasteiger partial charge on any atom is 0.253 e. The number of amides is 2. The quantitative estimate of drug-likeness (QED) is 0.824. The fraction of sp³-hybridized carbons (Fsp3) is 0.667. The van der Waals surface area contributed by atoms with E-state index >= 15 is 0 Å². The van der Waals surface area contributed by atoms with Gasteiger partial charge >= 0.3 is 0 Å². The first-order valence-corrected chi connectivity index (χ1v) is 11.5. The molecule has 5 aliphatic rings. The molecule has 1 heterocycles. The average Bonchev–Trinajstić information content (AvgIpc) is 3.00. The van der Waals surface area contributed by atoms with Crippen LogP contribution in [0.5, 0.6) is 0 Å². The molecule has 5 fully saturated rings. The summed E-state index contributed by atoms with van der Waals surface area (Å²) in [5.74, 6) is 2.73. The van der Waals surface area contributed by atoms with E-state index in [0.29, 0.717) is 6.54 Å². The minimum atomic E-state index is -0.0918. The van der Waals surface area contributed by atoms with Gasteiger partial charge in [0.25, 0.3) is 5.91 Å². The van der Waals surface area contributed by atoms with E-state index in [1.165, 1.54) is 19.3 Å². The topological polar surface area (TPSA) is 61.4 Å². The fourth-order valence-electron chi connectivity index (χ4n) is 6.76. The summed E-state index contributed by atoms with van der Waals surface area (Å²) >= 11 is 0. The van der Waals surface area contributed by atoms with Crippen molar-refractivity contribution in [3.8, 4) is 0 Å². The molecule has 1 aromatic carbocycles. The van der Waals surface area contributed by atoms with E-state index in [1.807, 2.05) is 29.2 Å². The van der Waals surface area contributed by atoms with Gasteiger partial charge in [0.15, 0.2) is 0 Å². The van der Waals surface area contributed by atoms with Gasteiger partial charge in [0.2, 0.25) is 5.91 Å². The Morgan fingerprint density at radius 3 is 2.28 bits per heavy atom. The zero-order valence-corrected chi connectivity index (χ0v) is 17.3. The Bertz CT molecular complexity index is 730. The zero-order chi connectivity index (χ0) is 19.8. The van der Waals surface area contributed by atoms with Crippen molar-refractivity contribution in [2.75, 3.05) is 26.2 Å². The van der Waals surface area contributed by atoms with Gasteiger partial charge in [-0.2, -0.15) is 0 Å². The average molecular weight is 396 g/mol. The molecule has 156 valence electrons. The predicted octanol–water partition coefficient (Wildman–Crippen LogP) is 2.95. The first-order valence-electron chi connectivity index (χ1n) is 11.5. The van der Waals surface area contributed by atoms with Crippen molar-refractivity contribution in [2.45, 2.75) is 51.5 Å². The number of carbonyl (C=O) groups excluding carboxylic acids is 2. The van der Waals surface area contributed by atoms with Crippen LogP contribution in [0.15, 0.2) is 24.3 Å². The maximum atomic E-state index is 13.1. The molecule has 29 heavy (non-hydrogen) atoms. The van der Waals surface area contributed by atoms with Crippen LogP contribution < -0.4 is 10.6 Å². The molecule has 5 nitrogen and oxygen atoms in total. The molecule has 1 aliphatic heterocycles. The minimum Gasteiger partial charge on any atom is -0.352 e. The molecule has 0 radical (unpaired) electrons. The third-order valence-corrected chi connectivity index (χ3v) is 7.80. The van der Waals surface area contributed by atoms with Gasteiger partial charge < -0.3 is 15.5 Å². The predicted molar refractivity (Wildman–Crippen MR) is 112 cm³/mol. The molecule has 0 aromatic heterocycles. The fourth-order valence-corrected chi connectivity index (χ4v) is 6.76. The van der Waals surface area contributed by atoms with Crippen molar-refractivity contribution in [3.63, 3.8) is 0 Å². The highest BCUT2D eigenvalue weighted by molar-refractivity contribution is 5.94. The number of nitrogens with one attached hydrogen (secondary N) is 2. The Morgan fingerprint density at radius 2 is 1.62 bits per heavy atom. The molecule has 0 spiro atoms. The van der Waals surface area contributed by atoms with E-state index < -0.39 is 0 Å². The Hall–Kier alpha value is -1.88. The van der Waals surface area contributed by atoms with Crippen molar-refractivity contribution < 1.29 is 9.59 Å². The van der Waals surface area contributed by atoms with E-state index in [9.17, 15) is 9.59 Å². The lowest BCUT2D eigenvalue weighted by Gasteiger charge is -2.55. The lowest BCUT2D eigenvalue weighted by Crippen LogP contribution is -2.53. The SMILES string of the molecule is O=C(c1ccc(CNC(=O)C23CC4CC(CC(C4)C2)C3)cc1)N1CCCNCC1. The summed E-state index contributed by atoms with van der Waals surface area (Å²) in [7, 11) is 0. The van der Waals surface area contributed by atoms with Crippen LogP contribution in [0.3, 0.4) is 0 Å². The minimum absolute atomic E-state index is 0.0918. The van der Waals surface area contributed by atoms with Crippen molar-refractivity contribution in [1.29, 1.82) is 0 Å². The third kappa shape index (κ3) is 3.81. The van der Waals surface area contributed by atoms with Crippen molar-refractivity contribution in [3.05, 3.63) is 35.4 Å². The Balaban J connectivity index is 1.18.